The first-order valence-electron chi connectivity index (χ1n) is 11.5. The van der Waals surface area contributed by atoms with Crippen molar-refractivity contribution in [1.29, 1.82) is 0 Å². The minimum absolute atomic E-state index is 0.0449. The number of amides is 5. The number of hydrogen-bond donors (Lipinski definition) is 3. The molecule has 0 radical (unpaired) electrons. The molecule has 3 N–H and O–H groups in total. The molecule has 0 unspecified atom stereocenters. The zero-order chi connectivity index (χ0) is 27.2. The molecule has 1 atom stereocenters. The lowest BCUT2D eigenvalue weighted by molar-refractivity contribution is -0.153. The van der Waals surface area contributed by atoms with Gasteiger partial charge < -0.3 is 15.2 Å². The third-order valence-corrected chi connectivity index (χ3v) is 5.44. The van der Waals surface area contributed by atoms with Crippen LogP contribution >= 0.6 is 0 Å². The summed E-state index contributed by atoms with van der Waals surface area (Å²) in [6, 6.07) is 0.862. The normalized spacial score (nSPS) is 11.8. The van der Waals surface area contributed by atoms with Gasteiger partial charge in [-0.25, -0.2) is 18.6 Å². The number of benzene rings is 1. The van der Waals surface area contributed by atoms with Gasteiger partial charge in [-0.3, -0.25) is 19.8 Å². The van der Waals surface area contributed by atoms with Crippen molar-refractivity contribution in [1.82, 2.24) is 30.6 Å². The van der Waals surface area contributed by atoms with Crippen LogP contribution in [0.15, 0.2) is 24.4 Å². The molecule has 2 aromatic rings. The fourth-order valence-corrected chi connectivity index (χ4v) is 2.99. The molecule has 0 saturated carbocycles. The molecule has 196 valence electrons. The van der Waals surface area contributed by atoms with Crippen LogP contribution in [0.3, 0.4) is 0 Å². The highest BCUT2D eigenvalue weighted by atomic mass is 19.1. The molecule has 0 bridgehead atoms. The zero-order valence-corrected chi connectivity index (χ0v) is 21.2. The van der Waals surface area contributed by atoms with Gasteiger partial charge >= 0.3 is 17.8 Å². The highest BCUT2D eigenvalue weighted by Crippen LogP contribution is 2.23. The van der Waals surface area contributed by atoms with Gasteiger partial charge in [-0.2, -0.15) is 5.01 Å². The Hall–Kier alpha value is -3.83. The Bertz CT molecular complexity index is 1120. The Morgan fingerprint density at radius 3 is 2.31 bits per heavy atom. The summed E-state index contributed by atoms with van der Waals surface area (Å²) in [5.41, 5.74) is 2.53. The molecule has 1 aromatic carbocycles. The van der Waals surface area contributed by atoms with Gasteiger partial charge in [0.15, 0.2) is 0 Å². The van der Waals surface area contributed by atoms with Crippen molar-refractivity contribution in [2.75, 3.05) is 7.05 Å². The average molecular weight is 507 g/mol. The number of likely N-dealkylation sites (N-methyl/N-ethyl adjacent to an activating group) is 1. The second-order valence-electron chi connectivity index (χ2n) is 9.10. The van der Waals surface area contributed by atoms with E-state index in [4.69, 9.17) is 0 Å². The number of H-pyrrole nitrogens is 1. The van der Waals surface area contributed by atoms with Crippen LogP contribution < -0.4 is 10.7 Å². The second-order valence-corrected chi connectivity index (χ2v) is 9.10. The van der Waals surface area contributed by atoms with E-state index in [0.717, 1.165) is 17.0 Å². The SMILES string of the molecule is CC(C)CCC(=O)NN(C(=O)N[C@@H](C)c1ncc(-c2ccc(F)cc2F)[nH]1)C(=O)C(=O)N(C)C(C)C. The topological polar surface area (TPSA) is 127 Å². The quantitative estimate of drug-likeness (QED) is 0.392. The molecule has 12 heteroatoms. The van der Waals surface area contributed by atoms with Crippen molar-refractivity contribution in [3.05, 3.63) is 41.9 Å². The molecule has 0 saturated heterocycles. The Morgan fingerprint density at radius 1 is 1.06 bits per heavy atom. The summed E-state index contributed by atoms with van der Waals surface area (Å²) in [5, 5.41) is 2.84. The molecular weight excluding hydrogens is 474 g/mol. The number of rotatable bonds is 7. The van der Waals surface area contributed by atoms with Crippen molar-refractivity contribution < 1.29 is 28.0 Å². The average Bonchev–Trinajstić information content (AvgIpc) is 3.29. The molecule has 36 heavy (non-hydrogen) atoms. The monoisotopic (exact) mass is 506 g/mol. The molecule has 0 spiro atoms. The molecule has 5 amide bonds. The third kappa shape index (κ3) is 7.33. The van der Waals surface area contributed by atoms with Crippen LogP contribution in [0.5, 0.6) is 0 Å². The molecule has 1 heterocycles. The number of urea groups is 1. The lowest BCUT2D eigenvalue weighted by Crippen LogP contribution is -2.58. The highest BCUT2D eigenvalue weighted by molar-refractivity contribution is 6.37. The van der Waals surface area contributed by atoms with Crippen LogP contribution in [0.1, 0.15) is 59.3 Å². The number of halogens is 2. The van der Waals surface area contributed by atoms with Crippen LogP contribution in [-0.2, 0) is 14.4 Å². The first-order chi connectivity index (χ1) is 16.8. The number of nitrogens with one attached hydrogen (secondary N) is 3. The molecule has 0 fully saturated rings. The lowest BCUT2D eigenvalue weighted by atomic mass is 10.1. The van der Waals surface area contributed by atoms with Crippen LogP contribution in [0.25, 0.3) is 11.3 Å². The largest absolute Gasteiger partial charge is 0.344 e. The Morgan fingerprint density at radius 2 is 1.72 bits per heavy atom. The Kier molecular flexibility index (Phi) is 9.65. The third-order valence-electron chi connectivity index (χ3n) is 5.44. The molecular formula is C24H32F2N6O4. The standard InChI is InChI=1S/C24H32F2N6O4/c1-13(2)7-10-20(33)30-32(23(35)22(34)31(6)14(3)4)24(36)28-15(5)21-27-12-19(29-21)17-9-8-16(25)11-18(17)26/h8-9,11-15H,7,10H2,1-6H3,(H,27,29)(H,28,36)(H,30,33)/t15-/m0/s1. The van der Waals surface area contributed by atoms with Crippen LogP contribution in [0, 0.1) is 17.6 Å². The summed E-state index contributed by atoms with van der Waals surface area (Å²) in [6.07, 6.45) is 1.87. The van der Waals surface area contributed by atoms with Crippen LogP contribution in [0.2, 0.25) is 0 Å². The van der Waals surface area contributed by atoms with Crippen molar-refractivity contribution >= 4 is 23.8 Å². The summed E-state index contributed by atoms with van der Waals surface area (Å²) in [7, 11) is 1.41. The minimum Gasteiger partial charge on any atom is -0.340 e. The molecule has 2 rings (SSSR count). The molecule has 0 aliphatic rings. The van der Waals surface area contributed by atoms with E-state index in [9.17, 15) is 28.0 Å². The number of carbonyl (C=O) groups is 4. The smallest absolute Gasteiger partial charge is 0.340 e. The Balaban J connectivity index is 2.21. The molecule has 0 aliphatic carbocycles. The van der Waals surface area contributed by atoms with Crippen LogP contribution in [0.4, 0.5) is 13.6 Å². The molecule has 10 nitrogen and oxygen atoms in total. The maximum atomic E-state index is 14.1. The maximum Gasteiger partial charge on any atom is 0.344 e. The van der Waals surface area contributed by atoms with Gasteiger partial charge in [0.05, 0.1) is 17.9 Å². The van der Waals surface area contributed by atoms with Crippen molar-refractivity contribution in [3.8, 4) is 11.3 Å². The summed E-state index contributed by atoms with van der Waals surface area (Å²) in [4.78, 5) is 58.9. The highest BCUT2D eigenvalue weighted by Gasteiger charge is 2.33. The number of imidazole rings is 1. The van der Waals surface area contributed by atoms with E-state index in [1.807, 2.05) is 13.8 Å². The summed E-state index contributed by atoms with van der Waals surface area (Å²) >= 11 is 0. The van der Waals surface area contributed by atoms with E-state index in [0.29, 0.717) is 11.4 Å². The summed E-state index contributed by atoms with van der Waals surface area (Å²) < 4.78 is 27.3. The van der Waals surface area contributed by atoms with E-state index in [1.54, 1.807) is 13.8 Å². The minimum atomic E-state index is -1.23. The number of hydrogen-bond acceptors (Lipinski definition) is 5. The van der Waals surface area contributed by atoms with Crippen molar-refractivity contribution in [2.24, 2.45) is 5.92 Å². The first kappa shape index (κ1) is 28.4. The van der Waals surface area contributed by atoms with Gasteiger partial charge in [-0.15, -0.1) is 0 Å². The van der Waals surface area contributed by atoms with Crippen LogP contribution in [-0.4, -0.2) is 56.7 Å². The van der Waals surface area contributed by atoms with Gasteiger partial charge in [0, 0.05) is 31.1 Å². The van der Waals surface area contributed by atoms with E-state index < -0.39 is 41.4 Å². The predicted molar refractivity (Wildman–Crippen MR) is 128 cm³/mol. The molecule has 1 aromatic heterocycles. The number of carbonyl (C=O) groups excluding carboxylic acids is 4. The van der Waals surface area contributed by atoms with Crippen molar-refractivity contribution in [3.63, 3.8) is 0 Å². The fraction of sp³-hybridized carbons (Fsp3) is 0.458. The zero-order valence-electron chi connectivity index (χ0n) is 21.2. The number of aromatic amines is 1. The number of aromatic nitrogens is 2. The maximum absolute atomic E-state index is 14.1. The summed E-state index contributed by atoms with van der Waals surface area (Å²) in [5.74, 6) is -3.93. The number of nitrogens with zero attached hydrogens (tertiary/aromatic N) is 3. The number of imide groups is 1. The van der Waals surface area contributed by atoms with E-state index >= 15 is 0 Å². The first-order valence-corrected chi connectivity index (χ1v) is 11.5. The predicted octanol–water partition coefficient (Wildman–Crippen LogP) is 3.29. The van der Waals surface area contributed by atoms with E-state index in [1.165, 1.54) is 26.2 Å². The lowest BCUT2D eigenvalue weighted by Gasteiger charge is -2.26. The summed E-state index contributed by atoms with van der Waals surface area (Å²) in [6.45, 7) is 8.75. The fourth-order valence-electron chi connectivity index (χ4n) is 2.99. The van der Waals surface area contributed by atoms with Crippen molar-refractivity contribution in [2.45, 2.75) is 59.5 Å². The van der Waals surface area contributed by atoms with Gasteiger partial charge in [-0.05, 0) is 45.2 Å². The second kappa shape index (κ2) is 12.2. The van der Waals surface area contributed by atoms with Gasteiger partial charge in [0.2, 0.25) is 5.91 Å². The van der Waals surface area contributed by atoms with Gasteiger partial charge in [0.1, 0.15) is 17.5 Å². The van der Waals surface area contributed by atoms with Gasteiger partial charge in [0.25, 0.3) is 0 Å². The van der Waals surface area contributed by atoms with E-state index in [2.05, 4.69) is 20.7 Å². The Labute approximate surface area is 208 Å². The van der Waals surface area contributed by atoms with E-state index in [-0.39, 0.29) is 35.5 Å². The molecule has 0 aliphatic heterocycles. The number of hydrazine groups is 1. The van der Waals surface area contributed by atoms with Gasteiger partial charge in [-0.1, -0.05) is 13.8 Å².